The van der Waals surface area contributed by atoms with Crippen LogP contribution in [0.2, 0.25) is 0 Å². The first kappa shape index (κ1) is 21.9. The highest BCUT2D eigenvalue weighted by molar-refractivity contribution is 5.96. The van der Waals surface area contributed by atoms with Crippen LogP contribution in [0.25, 0.3) is 0 Å². The lowest BCUT2D eigenvalue weighted by molar-refractivity contribution is -0.122. The van der Waals surface area contributed by atoms with Crippen LogP contribution in [0.5, 0.6) is 11.5 Å². The van der Waals surface area contributed by atoms with Gasteiger partial charge >= 0.3 is 0 Å². The lowest BCUT2D eigenvalue weighted by atomic mass is 10.2. The summed E-state index contributed by atoms with van der Waals surface area (Å²) in [7, 11) is 1.74. The summed E-state index contributed by atoms with van der Waals surface area (Å²) >= 11 is 0. The van der Waals surface area contributed by atoms with Crippen molar-refractivity contribution in [2.45, 2.75) is 13.0 Å². The number of ether oxygens (including phenoxy) is 3. The molecule has 0 aliphatic carbocycles. The number of morpholine rings is 1. The van der Waals surface area contributed by atoms with Gasteiger partial charge in [-0.25, -0.2) is 0 Å². The topological polar surface area (TPSA) is 92.4 Å². The van der Waals surface area contributed by atoms with Gasteiger partial charge in [0.25, 0.3) is 0 Å². The zero-order chi connectivity index (χ0) is 22.5. The summed E-state index contributed by atoms with van der Waals surface area (Å²) < 4.78 is 16.0. The van der Waals surface area contributed by atoms with E-state index in [0.29, 0.717) is 17.2 Å². The molecular formula is C23H28N4O5. The van der Waals surface area contributed by atoms with Crippen molar-refractivity contribution in [2.24, 2.45) is 0 Å². The van der Waals surface area contributed by atoms with E-state index in [-0.39, 0.29) is 25.2 Å². The first-order chi connectivity index (χ1) is 15.5. The number of fused-ring (bicyclic) bond motifs is 1. The second-order valence-corrected chi connectivity index (χ2v) is 7.84. The molecule has 0 aromatic heterocycles. The number of amides is 2. The quantitative estimate of drug-likeness (QED) is 0.682. The monoisotopic (exact) mass is 440 g/mol. The number of likely N-dealkylation sites (N-methyl/N-ethyl adjacent to an activating group) is 1. The number of benzene rings is 2. The Bertz CT molecular complexity index is 959. The van der Waals surface area contributed by atoms with E-state index in [1.54, 1.807) is 37.1 Å². The standard InChI is InChI=1S/C23H28N4O5/c1-16(23(29)25-18-5-8-20-21(13-18)32-15-31-20)26(2)14-22(28)24-17-3-6-19(7-4-17)27-9-11-30-12-10-27/h3-8,13,16H,9-12,14-15H2,1-2H3,(H,24,28)(H,25,29). The predicted octanol–water partition coefficient (Wildman–Crippen LogP) is 2.15. The van der Waals surface area contributed by atoms with Crippen molar-refractivity contribution >= 4 is 28.9 Å². The lowest BCUT2D eigenvalue weighted by Gasteiger charge is -2.29. The average Bonchev–Trinajstić information content (AvgIpc) is 3.27. The van der Waals surface area contributed by atoms with Crippen LogP contribution >= 0.6 is 0 Å². The van der Waals surface area contributed by atoms with Gasteiger partial charge in [0.2, 0.25) is 18.6 Å². The molecule has 2 N–H and O–H groups in total. The first-order valence-electron chi connectivity index (χ1n) is 10.6. The van der Waals surface area contributed by atoms with Gasteiger partial charge in [0.1, 0.15) is 0 Å². The van der Waals surface area contributed by atoms with Crippen molar-refractivity contribution in [1.29, 1.82) is 0 Å². The minimum Gasteiger partial charge on any atom is -0.454 e. The van der Waals surface area contributed by atoms with Crippen LogP contribution in [0.15, 0.2) is 42.5 Å². The van der Waals surface area contributed by atoms with Gasteiger partial charge in [0.15, 0.2) is 11.5 Å². The zero-order valence-corrected chi connectivity index (χ0v) is 18.3. The minimum atomic E-state index is -0.505. The summed E-state index contributed by atoms with van der Waals surface area (Å²) in [5, 5.41) is 5.74. The molecule has 2 aromatic rings. The van der Waals surface area contributed by atoms with Crippen LogP contribution < -0.4 is 25.0 Å². The number of carbonyl (C=O) groups excluding carboxylic acids is 2. The second kappa shape index (κ2) is 9.88. The summed E-state index contributed by atoms with van der Waals surface area (Å²) in [6, 6.07) is 12.5. The molecule has 2 aromatic carbocycles. The number of rotatable bonds is 7. The molecule has 0 bridgehead atoms. The summed E-state index contributed by atoms with van der Waals surface area (Å²) in [6.07, 6.45) is 0. The lowest BCUT2D eigenvalue weighted by Crippen LogP contribution is -2.43. The molecule has 170 valence electrons. The van der Waals surface area contributed by atoms with Crippen molar-refractivity contribution in [3.05, 3.63) is 42.5 Å². The van der Waals surface area contributed by atoms with Gasteiger partial charge in [0, 0.05) is 36.2 Å². The fourth-order valence-electron chi connectivity index (χ4n) is 3.56. The molecule has 0 radical (unpaired) electrons. The van der Waals surface area contributed by atoms with E-state index in [0.717, 1.165) is 37.7 Å². The maximum absolute atomic E-state index is 12.6. The fraction of sp³-hybridized carbons (Fsp3) is 0.391. The van der Waals surface area contributed by atoms with E-state index in [1.807, 2.05) is 24.3 Å². The third-order valence-corrected chi connectivity index (χ3v) is 5.60. The highest BCUT2D eigenvalue weighted by Crippen LogP contribution is 2.34. The highest BCUT2D eigenvalue weighted by atomic mass is 16.7. The summed E-state index contributed by atoms with van der Waals surface area (Å²) in [5.41, 5.74) is 2.44. The van der Waals surface area contributed by atoms with Crippen LogP contribution in [0, 0.1) is 0 Å². The molecule has 9 nitrogen and oxygen atoms in total. The maximum Gasteiger partial charge on any atom is 0.241 e. The van der Waals surface area contributed by atoms with Gasteiger partial charge in [-0.15, -0.1) is 0 Å². The predicted molar refractivity (Wildman–Crippen MR) is 121 cm³/mol. The van der Waals surface area contributed by atoms with Crippen molar-refractivity contribution in [3.63, 3.8) is 0 Å². The molecule has 9 heteroatoms. The van der Waals surface area contributed by atoms with Gasteiger partial charge in [-0.2, -0.15) is 0 Å². The maximum atomic E-state index is 12.6. The Labute approximate surface area is 187 Å². The van der Waals surface area contributed by atoms with E-state index in [4.69, 9.17) is 14.2 Å². The molecule has 4 rings (SSSR count). The van der Waals surface area contributed by atoms with Crippen molar-refractivity contribution in [1.82, 2.24) is 4.90 Å². The summed E-state index contributed by atoms with van der Waals surface area (Å²) in [5.74, 6) is 0.856. The van der Waals surface area contributed by atoms with E-state index in [1.165, 1.54) is 0 Å². The third-order valence-electron chi connectivity index (χ3n) is 5.60. The van der Waals surface area contributed by atoms with E-state index in [2.05, 4.69) is 15.5 Å². The molecule has 1 atom stereocenters. The second-order valence-electron chi connectivity index (χ2n) is 7.84. The van der Waals surface area contributed by atoms with Gasteiger partial charge < -0.3 is 29.7 Å². The Morgan fingerprint density at radius 3 is 2.44 bits per heavy atom. The molecule has 2 amide bonds. The first-order valence-corrected chi connectivity index (χ1v) is 10.6. The SMILES string of the molecule is CC(C(=O)Nc1ccc2c(c1)OCO2)N(C)CC(=O)Nc1ccc(N2CCOCC2)cc1. The minimum absolute atomic E-state index is 0.0843. The van der Waals surface area contributed by atoms with Crippen LogP contribution in [-0.2, 0) is 14.3 Å². The van der Waals surface area contributed by atoms with Crippen LogP contribution in [0.1, 0.15) is 6.92 Å². The Morgan fingerprint density at radius 1 is 1.00 bits per heavy atom. The number of anilines is 3. The smallest absolute Gasteiger partial charge is 0.241 e. The average molecular weight is 441 g/mol. The summed E-state index contributed by atoms with van der Waals surface area (Å²) in [6.45, 7) is 5.20. The molecule has 2 heterocycles. The Hall–Kier alpha value is -3.30. The van der Waals surface area contributed by atoms with E-state index >= 15 is 0 Å². The number of carbonyl (C=O) groups is 2. The van der Waals surface area contributed by atoms with Crippen LogP contribution in [0.3, 0.4) is 0 Å². The third kappa shape index (κ3) is 5.30. The zero-order valence-electron chi connectivity index (χ0n) is 18.3. The molecule has 1 fully saturated rings. The van der Waals surface area contributed by atoms with Gasteiger partial charge in [0.05, 0.1) is 25.8 Å². The van der Waals surface area contributed by atoms with Crippen LogP contribution in [0.4, 0.5) is 17.1 Å². The number of hydrogen-bond donors (Lipinski definition) is 2. The van der Waals surface area contributed by atoms with Crippen LogP contribution in [-0.4, -0.2) is 69.4 Å². The van der Waals surface area contributed by atoms with Gasteiger partial charge in [-0.1, -0.05) is 0 Å². The largest absolute Gasteiger partial charge is 0.454 e. The molecule has 2 aliphatic heterocycles. The molecule has 0 saturated carbocycles. The van der Waals surface area contributed by atoms with E-state index < -0.39 is 6.04 Å². The molecule has 1 saturated heterocycles. The molecule has 0 spiro atoms. The van der Waals surface area contributed by atoms with Gasteiger partial charge in [-0.3, -0.25) is 14.5 Å². The molecule has 1 unspecified atom stereocenters. The Balaban J connectivity index is 1.26. The molecule has 2 aliphatic rings. The normalized spacial score (nSPS) is 16.0. The fourth-order valence-corrected chi connectivity index (χ4v) is 3.56. The molecular weight excluding hydrogens is 412 g/mol. The van der Waals surface area contributed by atoms with Crippen molar-refractivity contribution in [2.75, 3.05) is 62.2 Å². The summed E-state index contributed by atoms with van der Waals surface area (Å²) in [4.78, 5) is 29.0. The Morgan fingerprint density at radius 2 is 1.69 bits per heavy atom. The number of nitrogens with one attached hydrogen (secondary N) is 2. The highest BCUT2D eigenvalue weighted by Gasteiger charge is 2.21. The van der Waals surface area contributed by atoms with E-state index in [9.17, 15) is 9.59 Å². The van der Waals surface area contributed by atoms with Crippen molar-refractivity contribution in [3.8, 4) is 11.5 Å². The van der Waals surface area contributed by atoms with Crippen molar-refractivity contribution < 1.29 is 23.8 Å². The number of nitrogens with zero attached hydrogens (tertiary/aromatic N) is 2. The molecule has 32 heavy (non-hydrogen) atoms. The Kier molecular flexibility index (Phi) is 6.77. The van der Waals surface area contributed by atoms with Gasteiger partial charge in [-0.05, 0) is 50.4 Å². The number of hydrogen-bond acceptors (Lipinski definition) is 7.